The summed E-state index contributed by atoms with van der Waals surface area (Å²) >= 11 is 0. The Hall–Kier alpha value is -1.07. The normalized spacial score (nSPS) is 22.8. The molecule has 0 amide bonds. The second kappa shape index (κ2) is 4.47. The lowest BCUT2D eigenvalue weighted by molar-refractivity contribution is 0.00578. The highest BCUT2D eigenvalue weighted by Crippen LogP contribution is 2.37. The second-order valence-electron chi connectivity index (χ2n) is 6.61. The van der Waals surface area contributed by atoms with Crippen LogP contribution in [0.1, 0.15) is 38.8 Å². The van der Waals surface area contributed by atoms with Gasteiger partial charge in [0.05, 0.1) is 11.2 Å². The molecule has 1 fully saturated rings. The number of fused-ring (bicyclic) bond motifs is 1. The van der Waals surface area contributed by atoms with Gasteiger partial charge in [-0.2, -0.15) is 0 Å². The maximum Gasteiger partial charge on any atom is 0.495 e. The van der Waals surface area contributed by atoms with Crippen LogP contribution in [0.5, 0.6) is 0 Å². The summed E-state index contributed by atoms with van der Waals surface area (Å²) in [6.07, 6.45) is 0.950. The van der Waals surface area contributed by atoms with Gasteiger partial charge in [-0.25, -0.2) is 4.39 Å². The Morgan fingerprint density at radius 2 is 1.85 bits per heavy atom. The van der Waals surface area contributed by atoms with Crippen LogP contribution < -0.4 is 10.8 Å². The zero-order chi connectivity index (χ0) is 14.5. The summed E-state index contributed by atoms with van der Waals surface area (Å²) in [6.45, 7) is 8.45. The van der Waals surface area contributed by atoms with Gasteiger partial charge in [0.2, 0.25) is 0 Å². The predicted molar refractivity (Wildman–Crippen MR) is 79.2 cm³/mol. The molecule has 2 aliphatic heterocycles. The van der Waals surface area contributed by atoms with Crippen molar-refractivity contribution < 1.29 is 13.7 Å². The molecule has 0 aromatic heterocycles. The first-order valence-corrected chi connectivity index (χ1v) is 7.15. The van der Waals surface area contributed by atoms with Crippen molar-refractivity contribution in [3.8, 4) is 0 Å². The Labute approximate surface area is 120 Å². The summed E-state index contributed by atoms with van der Waals surface area (Å²) < 4.78 is 25.4. The SMILES string of the molecule is CC1(C)OB(c2cc3c(cc2CF)CCN3)OC1(C)C. The van der Waals surface area contributed by atoms with Crippen LogP contribution in [-0.2, 0) is 22.4 Å². The van der Waals surface area contributed by atoms with Crippen molar-refractivity contribution >= 4 is 18.3 Å². The second-order valence-corrected chi connectivity index (χ2v) is 6.61. The molecule has 1 aromatic rings. The van der Waals surface area contributed by atoms with Crippen LogP contribution in [0.3, 0.4) is 0 Å². The fourth-order valence-corrected chi connectivity index (χ4v) is 2.72. The van der Waals surface area contributed by atoms with E-state index in [1.165, 1.54) is 5.56 Å². The van der Waals surface area contributed by atoms with Crippen molar-refractivity contribution in [2.75, 3.05) is 11.9 Å². The van der Waals surface area contributed by atoms with E-state index in [-0.39, 0.29) is 0 Å². The van der Waals surface area contributed by atoms with Crippen LogP contribution >= 0.6 is 0 Å². The van der Waals surface area contributed by atoms with Crippen molar-refractivity contribution in [3.05, 3.63) is 23.3 Å². The predicted octanol–water partition coefficient (Wildman–Crippen LogP) is 2.42. The molecule has 3 rings (SSSR count). The molecular formula is C15H21BFNO2. The van der Waals surface area contributed by atoms with Crippen molar-refractivity contribution in [2.45, 2.75) is 52.0 Å². The van der Waals surface area contributed by atoms with E-state index in [0.29, 0.717) is 5.56 Å². The summed E-state index contributed by atoms with van der Waals surface area (Å²) in [5.74, 6) is 0. The lowest BCUT2D eigenvalue weighted by atomic mass is 9.75. The fraction of sp³-hybridized carbons (Fsp3) is 0.600. The summed E-state index contributed by atoms with van der Waals surface area (Å²) in [5, 5.41) is 3.32. The Bertz CT molecular complexity index is 529. The van der Waals surface area contributed by atoms with E-state index in [0.717, 1.165) is 24.1 Å². The molecule has 2 aliphatic rings. The molecule has 0 radical (unpaired) electrons. The molecule has 20 heavy (non-hydrogen) atoms. The first kappa shape index (κ1) is 13.9. The smallest absolute Gasteiger partial charge is 0.399 e. The minimum atomic E-state index is -0.501. The summed E-state index contributed by atoms with van der Waals surface area (Å²) in [7, 11) is -0.501. The number of nitrogens with one attached hydrogen (secondary N) is 1. The zero-order valence-corrected chi connectivity index (χ0v) is 12.5. The molecule has 5 heteroatoms. The summed E-state index contributed by atoms with van der Waals surface area (Å²) in [4.78, 5) is 0. The van der Waals surface area contributed by atoms with Crippen LogP contribution in [0.2, 0.25) is 0 Å². The lowest BCUT2D eigenvalue weighted by Gasteiger charge is -2.32. The molecule has 0 bridgehead atoms. The van der Waals surface area contributed by atoms with Crippen molar-refractivity contribution in [1.29, 1.82) is 0 Å². The number of alkyl halides is 1. The highest BCUT2D eigenvalue weighted by atomic mass is 19.1. The molecule has 2 heterocycles. The molecule has 0 atom stereocenters. The minimum absolute atomic E-state index is 0.405. The average Bonchev–Trinajstić information content (AvgIpc) is 2.89. The Balaban J connectivity index is 1.99. The van der Waals surface area contributed by atoms with Gasteiger partial charge >= 0.3 is 7.12 Å². The quantitative estimate of drug-likeness (QED) is 0.842. The van der Waals surface area contributed by atoms with Crippen LogP contribution in [-0.4, -0.2) is 24.9 Å². The van der Waals surface area contributed by atoms with E-state index in [9.17, 15) is 4.39 Å². The molecule has 0 spiro atoms. The van der Waals surface area contributed by atoms with Gasteiger partial charge in [0.25, 0.3) is 0 Å². The Morgan fingerprint density at radius 3 is 2.45 bits per heavy atom. The van der Waals surface area contributed by atoms with Gasteiger partial charge in [-0.3, -0.25) is 0 Å². The Morgan fingerprint density at radius 1 is 1.20 bits per heavy atom. The number of halogens is 1. The van der Waals surface area contributed by atoms with E-state index < -0.39 is 25.0 Å². The summed E-state index contributed by atoms with van der Waals surface area (Å²) in [6, 6.07) is 3.93. The topological polar surface area (TPSA) is 30.5 Å². The third-order valence-corrected chi connectivity index (χ3v) is 4.73. The van der Waals surface area contributed by atoms with Crippen LogP contribution in [0, 0.1) is 0 Å². The van der Waals surface area contributed by atoms with Crippen LogP contribution in [0.15, 0.2) is 12.1 Å². The number of anilines is 1. The van der Waals surface area contributed by atoms with E-state index in [2.05, 4.69) is 5.32 Å². The van der Waals surface area contributed by atoms with Gasteiger partial charge in [0, 0.05) is 12.2 Å². The van der Waals surface area contributed by atoms with Crippen molar-refractivity contribution in [2.24, 2.45) is 0 Å². The number of rotatable bonds is 2. The van der Waals surface area contributed by atoms with Gasteiger partial charge in [-0.1, -0.05) is 6.07 Å². The Kier molecular flexibility index (Phi) is 3.10. The third-order valence-electron chi connectivity index (χ3n) is 4.73. The fourth-order valence-electron chi connectivity index (χ4n) is 2.72. The molecule has 0 saturated carbocycles. The number of hydrogen-bond acceptors (Lipinski definition) is 3. The first-order valence-electron chi connectivity index (χ1n) is 7.15. The highest BCUT2D eigenvalue weighted by Gasteiger charge is 2.52. The van der Waals surface area contributed by atoms with Gasteiger partial charge in [-0.05, 0) is 56.8 Å². The van der Waals surface area contributed by atoms with E-state index in [4.69, 9.17) is 9.31 Å². The standard InChI is InChI=1S/C15H21BFNO2/c1-14(2)15(3,4)20-16(19-14)12-8-13-10(5-6-18-13)7-11(12)9-17/h7-8,18H,5-6,9H2,1-4H3. The molecule has 3 nitrogen and oxygen atoms in total. The largest absolute Gasteiger partial charge is 0.495 e. The lowest BCUT2D eigenvalue weighted by Crippen LogP contribution is -2.41. The summed E-state index contributed by atoms with van der Waals surface area (Å²) in [5.41, 5.74) is 2.92. The highest BCUT2D eigenvalue weighted by molar-refractivity contribution is 6.62. The maximum absolute atomic E-state index is 13.4. The molecule has 1 N–H and O–H groups in total. The average molecular weight is 277 g/mol. The van der Waals surface area contributed by atoms with E-state index in [1.54, 1.807) is 0 Å². The van der Waals surface area contributed by atoms with Gasteiger partial charge in [-0.15, -0.1) is 0 Å². The van der Waals surface area contributed by atoms with Crippen molar-refractivity contribution in [3.63, 3.8) is 0 Å². The number of benzene rings is 1. The molecule has 1 aromatic carbocycles. The van der Waals surface area contributed by atoms with E-state index in [1.807, 2.05) is 39.8 Å². The molecule has 1 saturated heterocycles. The minimum Gasteiger partial charge on any atom is -0.399 e. The third kappa shape index (κ3) is 2.04. The van der Waals surface area contributed by atoms with Gasteiger partial charge in [0.1, 0.15) is 6.67 Å². The molecule has 0 unspecified atom stereocenters. The molecule has 0 aliphatic carbocycles. The van der Waals surface area contributed by atoms with E-state index >= 15 is 0 Å². The zero-order valence-electron chi connectivity index (χ0n) is 12.5. The van der Waals surface area contributed by atoms with Gasteiger partial charge in [0.15, 0.2) is 0 Å². The van der Waals surface area contributed by atoms with Crippen LogP contribution in [0.4, 0.5) is 10.1 Å². The molecular weight excluding hydrogens is 256 g/mol. The van der Waals surface area contributed by atoms with Crippen molar-refractivity contribution in [1.82, 2.24) is 0 Å². The monoisotopic (exact) mass is 277 g/mol. The number of hydrogen-bond donors (Lipinski definition) is 1. The first-order chi connectivity index (χ1) is 9.34. The van der Waals surface area contributed by atoms with Gasteiger partial charge < -0.3 is 14.6 Å². The maximum atomic E-state index is 13.4. The molecule has 108 valence electrons. The van der Waals surface area contributed by atoms with Crippen LogP contribution in [0.25, 0.3) is 0 Å².